The highest BCUT2D eigenvalue weighted by molar-refractivity contribution is 7.89. The summed E-state index contributed by atoms with van der Waals surface area (Å²) < 4.78 is 38.3. The van der Waals surface area contributed by atoms with Gasteiger partial charge in [-0.05, 0) is 50.3 Å². The lowest BCUT2D eigenvalue weighted by atomic mass is 9.85. The molecule has 34 heavy (non-hydrogen) atoms. The Morgan fingerprint density at radius 1 is 1.15 bits per heavy atom. The van der Waals surface area contributed by atoms with Gasteiger partial charge in [0.25, 0.3) is 0 Å². The molecule has 1 saturated heterocycles. The zero-order valence-corrected chi connectivity index (χ0v) is 21.4. The molecule has 1 aromatic carbocycles. The fraction of sp³-hybridized carbons (Fsp3) is 0.667. The van der Waals surface area contributed by atoms with Gasteiger partial charge in [-0.3, -0.25) is 14.5 Å². The molecule has 2 fully saturated rings. The van der Waals surface area contributed by atoms with E-state index in [1.807, 2.05) is 4.90 Å². The first-order valence-corrected chi connectivity index (χ1v) is 13.6. The van der Waals surface area contributed by atoms with Crippen molar-refractivity contribution < 1.29 is 27.5 Å². The molecule has 10 heteroatoms. The topological polar surface area (TPSA) is 105 Å². The summed E-state index contributed by atoms with van der Waals surface area (Å²) in [6, 6.07) is 4.40. The lowest BCUT2D eigenvalue weighted by Crippen LogP contribution is -2.46. The summed E-state index contributed by atoms with van der Waals surface area (Å²) in [7, 11) is -2.41. The summed E-state index contributed by atoms with van der Waals surface area (Å²) in [6.45, 7) is 6.36. The SMILES string of the molecule is CCOc1ccc(NC(=O)CN2C(C(=O)OC)CC3CCCCC32)cc1S(=O)(=O)N(CC)CC. The molecule has 0 radical (unpaired) electrons. The molecule has 0 spiro atoms. The second kappa shape index (κ2) is 11.5. The third-order valence-corrected chi connectivity index (χ3v) is 8.94. The fourth-order valence-electron chi connectivity index (χ4n) is 5.28. The van der Waals surface area contributed by atoms with E-state index in [0.29, 0.717) is 37.7 Å². The standard InChI is InChI=1S/C24H37N3O6S/c1-5-26(6-2)34(30,31)22-15-18(12-13-21(22)33-7-3)25-23(28)16-27-19-11-9-8-10-17(19)14-20(27)24(29)32-4/h12-13,15,17,19-20H,5-11,14,16H2,1-4H3,(H,25,28). The van der Waals surface area contributed by atoms with Crippen molar-refractivity contribution >= 4 is 27.6 Å². The molecule has 1 heterocycles. The van der Waals surface area contributed by atoms with Crippen LogP contribution in [0.25, 0.3) is 0 Å². The van der Waals surface area contributed by atoms with Gasteiger partial charge in [0.15, 0.2) is 0 Å². The van der Waals surface area contributed by atoms with Crippen molar-refractivity contribution in [3.8, 4) is 5.75 Å². The van der Waals surface area contributed by atoms with Gasteiger partial charge >= 0.3 is 5.97 Å². The number of benzene rings is 1. The lowest BCUT2D eigenvalue weighted by molar-refractivity contribution is -0.146. The molecule has 1 saturated carbocycles. The molecular formula is C24H37N3O6S. The van der Waals surface area contributed by atoms with Gasteiger partial charge in [-0.1, -0.05) is 26.7 Å². The van der Waals surface area contributed by atoms with E-state index in [1.54, 1.807) is 32.9 Å². The van der Waals surface area contributed by atoms with E-state index in [9.17, 15) is 18.0 Å². The Morgan fingerprint density at radius 3 is 2.50 bits per heavy atom. The van der Waals surface area contributed by atoms with Gasteiger partial charge in [-0.2, -0.15) is 4.31 Å². The van der Waals surface area contributed by atoms with Crippen LogP contribution in [0.15, 0.2) is 23.1 Å². The van der Waals surface area contributed by atoms with Crippen molar-refractivity contribution in [2.75, 3.05) is 38.7 Å². The maximum absolute atomic E-state index is 13.2. The van der Waals surface area contributed by atoms with E-state index in [0.717, 1.165) is 25.7 Å². The van der Waals surface area contributed by atoms with Gasteiger partial charge in [-0.25, -0.2) is 8.42 Å². The molecule has 1 aromatic rings. The van der Waals surface area contributed by atoms with E-state index in [4.69, 9.17) is 9.47 Å². The average molecular weight is 496 g/mol. The summed E-state index contributed by atoms with van der Waals surface area (Å²) in [5.41, 5.74) is 0.369. The number of anilines is 1. The smallest absolute Gasteiger partial charge is 0.323 e. The minimum absolute atomic E-state index is 0.0248. The molecule has 3 atom stereocenters. The van der Waals surface area contributed by atoms with Gasteiger partial charge in [-0.15, -0.1) is 0 Å². The lowest BCUT2D eigenvalue weighted by Gasteiger charge is -2.32. The average Bonchev–Trinajstić information content (AvgIpc) is 3.18. The van der Waals surface area contributed by atoms with E-state index in [-0.39, 0.29) is 35.1 Å². The highest BCUT2D eigenvalue weighted by Gasteiger charge is 2.46. The molecule has 1 aliphatic carbocycles. The van der Waals surface area contributed by atoms with Gasteiger partial charge in [0.1, 0.15) is 16.7 Å². The molecule has 1 amide bonds. The first kappa shape index (κ1) is 26.4. The number of ether oxygens (including phenoxy) is 2. The Balaban J connectivity index is 1.82. The number of esters is 1. The summed E-state index contributed by atoms with van der Waals surface area (Å²) in [5, 5.41) is 2.83. The predicted molar refractivity (Wildman–Crippen MR) is 129 cm³/mol. The van der Waals surface area contributed by atoms with Crippen LogP contribution in [-0.4, -0.2) is 74.9 Å². The predicted octanol–water partition coefficient (Wildman–Crippen LogP) is 2.86. The highest BCUT2D eigenvalue weighted by atomic mass is 32.2. The fourth-order valence-corrected chi connectivity index (χ4v) is 6.89. The van der Waals surface area contributed by atoms with Crippen LogP contribution in [0, 0.1) is 5.92 Å². The number of nitrogens with one attached hydrogen (secondary N) is 1. The van der Waals surface area contributed by atoms with Crippen LogP contribution in [-0.2, 0) is 24.3 Å². The molecule has 9 nitrogen and oxygen atoms in total. The van der Waals surface area contributed by atoms with E-state index in [1.165, 1.54) is 17.5 Å². The van der Waals surface area contributed by atoms with Crippen molar-refractivity contribution in [1.29, 1.82) is 0 Å². The van der Waals surface area contributed by atoms with Crippen LogP contribution in [0.3, 0.4) is 0 Å². The first-order chi connectivity index (χ1) is 16.3. The van der Waals surface area contributed by atoms with Crippen LogP contribution < -0.4 is 10.1 Å². The number of carbonyl (C=O) groups is 2. The van der Waals surface area contributed by atoms with Crippen molar-refractivity contribution in [3.63, 3.8) is 0 Å². The molecule has 3 unspecified atom stereocenters. The minimum Gasteiger partial charge on any atom is -0.492 e. The summed E-state index contributed by atoms with van der Waals surface area (Å²) >= 11 is 0. The molecule has 190 valence electrons. The zero-order chi connectivity index (χ0) is 24.9. The molecule has 0 aromatic heterocycles. The Hall–Kier alpha value is -2.17. The van der Waals surface area contributed by atoms with Crippen molar-refractivity contribution in [2.45, 2.75) is 69.9 Å². The Morgan fingerprint density at radius 2 is 1.85 bits per heavy atom. The number of carbonyl (C=O) groups excluding carboxylic acids is 2. The number of rotatable bonds is 10. The van der Waals surface area contributed by atoms with Crippen LogP contribution in [0.5, 0.6) is 5.75 Å². The summed E-state index contributed by atoms with van der Waals surface area (Å²) in [6.07, 6.45) is 4.95. The number of hydrogen-bond acceptors (Lipinski definition) is 7. The molecule has 1 aliphatic heterocycles. The molecule has 0 bridgehead atoms. The van der Waals surface area contributed by atoms with Gasteiger partial charge in [0, 0.05) is 24.8 Å². The first-order valence-electron chi connectivity index (χ1n) is 12.2. The number of methoxy groups -OCH3 is 1. The van der Waals surface area contributed by atoms with Gasteiger partial charge in [0.2, 0.25) is 15.9 Å². The van der Waals surface area contributed by atoms with Crippen LogP contribution in [0.1, 0.15) is 52.9 Å². The number of sulfonamides is 1. The highest BCUT2D eigenvalue weighted by Crippen LogP contribution is 2.40. The Kier molecular flexibility index (Phi) is 8.95. The number of nitrogens with zero attached hydrogens (tertiary/aromatic N) is 2. The second-order valence-corrected chi connectivity index (χ2v) is 10.7. The molecular weight excluding hydrogens is 458 g/mol. The van der Waals surface area contributed by atoms with Crippen molar-refractivity contribution in [2.24, 2.45) is 5.92 Å². The van der Waals surface area contributed by atoms with Gasteiger partial charge < -0.3 is 14.8 Å². The second-order valence-electron chi connectivity index (χ2n) is 8.79. The Bertz CT molecular complexity index is 979. The minimum atomic E-state index is -3.79. The monoisotopic (exact) mass is 495 g/mol. The summed E-state index contributed by atoms with van der Waals surface area (Å²) in [5.74, 6) is 0.0380. The van der Waals surface area contributed by atoms with Crippen LogP contribution in [0.4, 0.5) is 5.69 Å². The van der Waals surface area contributed by atoms with E-state index in [2.05, 4.69) is 5.32 Å². The molecule has 3 rings (SSSR count). The quantitative estimate of drug-likeness (QED) is 0.498. The Labute approximate surface area is 202 Å². The van der Waals surface area contributed by atoms with Crippen LogP contribution in [0.2, 0.25) is 0 Å². The van der Waals surface area contributed by atoms with Gasteiger partial charge in [0.05, 0.1) is 20.3 Å². The maximum Gasteiger partial charge on any atom is 0.323 e. The van der Waals surface area contributed by atoms with E-state index < -0.39 is 16.1 Å². The number of hydrogen-bond donors (Lipinski definition) is 1. The molecule has 1 N–H and O–H groups in total. The number of likely N-dealkylation sites (tertiary alicyclic amines) is 1. The van der Waals surface area contributed by atoms with Crippen molar-refractivity contribution in [1.82, 2.24) is 9.21 Å². The normalized spacial score (nSPS) is 22.9. The maximum atomic E-state index is 13.2. The molecule has 2 aliphatic rings. The third-order valence-electron chi connectivity index (χ3n) is 6.87. The largest absolute Gasteiger partial charge is 0.492 e. The summed E-state index contributed by atoms with van der Waals surface area (Å²) in [4.78, 5) is 27.4. The third kappa shape index (κ3) is 5.55. The van der Waals surface area contributed by atoms with Crippen molar-refractivity contribution in [3.05, 3.63) is 18.2 Å². The van der Waals surface area contributed by atoms with Crippen LogP contribution >= 0.6 is 0 Å². The number of fused-ring (bicyclic) bond motifs is 1. The zero-order valence-electron chi connectivity index (χ0n) is 20.6. The number of amides is 1. The van der Waals surface area contributed by atoms with E-state index >= 15 is 0 Å².